The van der Waals surface area contributed by atoms with E-state index in [0.29, 0.717) is 55.4 Å². The van der Waals surface area contributed by atoms with Crippen molar-refractivity contribution < 1.29 is 22.7 Å². The van der Waals surface area contributed by atoms with Crippen molar-refractivity contribution in [1.29, 1.82) is 0 Å². The Kier molecular flexibility index (Phi) is 8.09. The molecule has 0 saturated carbocycles. The number of nitrogens with zero attached hydrogens (tertiary/aromatic N) is 6. The Hall–Kier alpha value is -3.62. The monoisotopic (exact) mass is 611 g/mol. The van der Waals surface area contributed by atoms with Gasteiger partial charge in [-0.3, -0.25) is 23.7 Å². The summed E-state index contributed by atoms with van der Waals surface area (Å²) in [5.41, 5.74) is 3.74. The normalized spacial score (nSPS) is 18.7. The molecule has 4 heterocycles. The van der Waals surface area contributed by atoms with Crippen LogP contribution in [0.4, 0.5) is 20.4 Å². The molecule has 2 aliphatic heterocycles. The van der Waals surface area contributed by atoms with E-state index in [2.05, 4.69) is 20.2 Å². The number of benzene rings is 2. The molecule has 6 rings (SSSR count). The van der Waals surface area contributed by atoms with Gasteiger partial charge in [0.1, 0.15) is 17.3 Å². The van der Waals surface area contributed by atoms with E-state index in [9.17, 15) is 13.9 Å². The number of carbonyl (C=O) groups excluding carboxylic acids is 1. The first kappa shape index (κ1) is 29.5. The molecule has 1 amide bonds. The van der Waals surface area contributed by atoms with E-state index in [-0.39, 0.29) is 29.5 Å². The Morgan fingerprint density at radius 2 is 1.72 bits per heavy atom. The lowest BCUT2D eigenvalue weighted by Gasteiger charge is -2.41. The minimum Gasteiger partial charge on any atom is -0.343 e. The maximum atomic E-state index is 15.2. The van der Waals surface area contributed by atoms with Crippen LogP contribution in [0.25, 0.3) is 16.7 Å². The summed E-state index contributed by atoms with van der Waals surface area (Å²) in [6.45, 7) is 5.39. The minimum atomic E-state index is -2.59. The molecular formula is C30H35F2N7O3S. The highest BCUT2D eigenvalue weighted by molar-refractivity contribution is 8.24. The van der Waals surface area contributed by atoms with E-state index in [4.69, 9.17) is 0 Å². The number of fused-ring (bicyclic) bond motifs is 1. The number of hydrogen-bond donors (Lipinski definition) is 3. The summed E-state index contributed by atoms with van der Waals surface area (Å²) in [5.74, 6) is -0.472. The standard InChI is InChI=1S/C30H35F2N7O3S/c1-20-3-4-23(13-22(20)17-38-8-7-36(2)28(40)19-38)34-30-33-16-21-5-6-39(29(21)35-30)24-14-26(31)25(27(32)15-24)18-37-9-11-43(41,42)12-10-37/h3-6,13-16,41-42H,7-12,17-19H2,1-2H3,(H,33,34,35). The summed E-state index contributed by atoms with van der Waals surface area (Å²) >= 11 is 0. The predicted octanol–water partition coefficient (Wildman–Crippen LogP) is 4.59. The van der Waals surface area contributed by atoms with Gasteiger partial charge in [-0.05, 0) is 48.4 Å². The Balaban J connectivity index is 1.20. The lowest BCUT2D eigenvalue weighted by atomic mass is 10.1. The van der Waals surface area contributed by atoms with Crippen LogP contribution in [0.15, 0.2) is 48.8 Å². The van der Waals surface area contributed by atoms with Crippen LogP contribution in [0.1, 0.15) is 16.7 Å². The number of aromatic nitrogens is 3. The highest BCUT2D eigenvalue weighted by atomic mass is 32.3. The van der Waals surface area contributed by atoms with E-state index >= 15 is 8.78 Å². The molecule has 2 fully saturated rings. The molecule has 13 heteroatoms. The van der Waals surface area contributed by atoms with Crippen molar-refractivity contribution in [1.82, 2.24) is 29.2 Å². The molecule has 0 radical (unpaired) electrons. The first-order valence-electron chi connectivity index (χ1n) is 14.2. The van der Waals surface area contributed by atoms with Crippen molar-refractivity contribution in [2.45, 2.75) is 20.0 Å². The molecule has 0 unspecified atom stereocenters. The number of aryl methyl sites for hydroxylation is 1. The number of rotatable bonds is 7. The Morgan fingerprint density at radius 3 is 2.44 bits per heavy atom. The van der Waals surface area contributed by atoms with Gasteiger partial charge < -0.3 is 14.8 Å². The molecule has 0 atom stereocenters. The van der Waals surface area contributed by atoms with Crippen LogP contribution in [0, 0.1) is 18.6 Å². The van der Waals surface area contributed by atoms with Gasteiger partial charge in [-0.15, -0.1) is 0 Å². The fourth-order valence-electron chi connectivity index (χ4n) is 5.44. The third kappa shape index (κ3) is 6.50. The molecule has 228 valence electrons. The van der Waals surface area contributed by atoms with E-state index < -0.39 is 22.2 Å². The van der Waals surface area contributed by atoms with Crippen molar-refractivity contribution in [3.8, 4) is 5.69 Å². The molecule has 10 nitrogen and oxygen atoms in total. The third-order valence-corrected chi connectivity index (χ3v) is 9.89. The fourth-order valence-corrected chi connectivity index (χ4v) is 6.75. The van der Waals surface area contributed by atoms with E-state index in [1.165, 1.54) is 12.1 Å². The van der Waals surface area contributed by atoms with Crippen molar-refractivity contribution in [2.75, 3.05) is 56.6 Å². The molecule has 0 spiro atoms. The first-order chi connectivity index (χ1) is 20.5. The average molecular weight is 612 g/mol. The predicted molar refractivity (Wildman–Crippen MR) is 164 cm³/mol. The second kappa shape index (κ2) is 11.8. The second-order valence-corrected chi connectivity index (χ2v) is 13.7. The van der Waals surface area contributed by atoms with Crippen molar-refractivity contribution >= 4 is 39.2 Å². The van der Waals surface area contributed by atoms with Gasteiger partial charge in [-0.2, -0.15) is 15.6 Å². The van der Waals surface area contributed by atoms with E-state index in [0.717, 1.165) is 23.4 Å². The number of amides is 1. The molecule has 3 N–H and O–H groups in total. The Morgan fingerprint density at radius 1 is 0.977 bits per heavy atom. The molecule has 2 saturated heterocycles. The lowest BCUT2D eigenvalue weighted by molar-refractivity contribution is -0.134. The average Bonchev–Trinajstić information content (AvgIpc) is 3.38. The zero-order valence-electron chi connectivity index (χ0n) is 24.1. The molecule has 0 bridgehead atoms. The number of carbonyl (C=O) groups is 1. The summed E-state index contributed by atoms with van der Waals surface area (Å²) in [6.07, 6.45) is 3.36. The molecule has 2 aromatic heterocycles. The molecule has 2 aromatic carbocycles. The van der Waals surface area contributed by atoms with Crippen molar-refractivity contribution in [3.63, 3.8) is 0 Å². The summed E-state index contributed by atoms with van der Waals surface area (Å²) in [7, 11) is -0.765. The first-order valence-corrected chi connectivity index (χ1v) is 16.0. The number of hydrogen-bond acceptors (Lipinski definition) is 8. The van der Waals surface area contributed by atoms with Crippen LogP contribution in [0.2, 0.25) is 0 Å². The third-order valence-electron chi connectivity index (χ3n) is 8.22. The van der Waals surface area contributed by atoms with Crippen molar-refractivity contribution in [3.05, 3.63) is 77.1 Å². The molecule has 0 aliphatic carbocycles. The highest BCUT2D eigenvalue weighted by Crippen LogP contribution is 2.40. The largest absolute Gasteiger partial charge is 0.343 e. The van der Waals surface area contributed by atoms with Gasteiger partial charge in [0, 0.05) is 75.3 Å². The smallest absolute Gasteiger partial charge is 0.236 e. The molecular weight excluding hydrogens is 576 g/mol. The van der Waals surface area contributed by atoms with Crippen LogP contribution >= 0.6 is 10.6 Å². The van der Waals surface area contributed by atoms with Gasteiger partial charge in [-0.25, -0.2) is 13.8 Å². The number of nitrogens with one attached hydrogen (secondary N) is 1. The highest BCUT2D eigenvalue weighted by Gasteiger charge is 2.25. The second-order valence-electron chi connectivity index (χ2n) is 11.3. The summed E-state index contributed by atoms with van der Waals surface area (Å²) < 4.78 is 51.7. The Bertz CT molecular complexity index is 1650. The SMILES string of the molecule is Cc1ccc(Nc2ncc3ccn(-c4cc(F)c(CN5CCS(O)(O)CC5)c(F)c4)c3n2)cc1CN1CCN(C)C(=O)C1. The number of likely N-dealkylation sites (N-methyl/N-ethyl adjacent to an activating group) is 1. The summed E-state index contributed by atoms with van der Waals surface area (Å²) in [6, 6.07) is 10.4. The molecule has 43 heavy (non-hydrogen) atoms. The van der Waals surface area contributed by atoms with Crippen LogP contribution in [-0.4, -0.2) is 95.5 Å². The number of anilines is 2. The van der Waals surface area contributed by atoms with Gasteiger partial charge in [0.2, 0.25) is 11.9 Å². The fraction of sp³-hybridized carbons (Fsp3) is 0.367. The summed E-state index contributed by atoms with van der Waals surface area (Å²) in [4.78, 5) is 27.0. The summed E-state index contributed by atoms with van der Waals surface area (Å²) in [5, 5.41) is 3.97. The zero-order valence-corrected chi connectivity index (χ0v) is 24.9. The number of piperazine rings is 1. The topological polar surface area (TPSA) is 110 Å². The van der Waals surface area contributed by atoms with Crippen LogP contribution in [0.5, 0.6) is 0 Å². The van der Waals surface area contributed by atoms with Crippen LogP contribution < -0.4 is 5.32 Å². The quantitative estimate of drug-likeness (QED) is 0.279. The maximum absolute atomic E-state index is 15.2. The molecule has 2 aliphatic rings. The van der Waals surface area contributed by atoms with Crippen LogP contribution in [-0.2, 0) is 17.9 Å². The Labute approximate surface area is 250 Å². The van der Waals surface area contributed by atoms with Crippen LogP contribution in [0.3, 0.4) is 0 Å². The van der Waals surface area contributed by atoms with Gasteiger partial charge in [0.05, 0.1) is 23.7 Å². The van der Waals surface area contributed by atoms with Crippen molar-refractivity contribution in [2.24, 2.45) is 0 Å². The van der Waals surface area contributed by atoms with Gasteiger partial charge in [-0.1, -0.05) is 6.07 Å². The van der Waals surface area contributed by atoms with E-state index in [1.54, 1.807) is 27.9 Å². The van der Waals surface area contributed by atoms with E-state index in [1.807, 2.05) is 37.1 Å². The molecule has 4 aromatic rings. The zero-order chi connectivity index (χ0) is 30.3. The van der Waals surface area contributed by atoms with Gasteiger partial charge in [0.25, 0.3) is 0 Å². The maximum Gasteiger partial charge on any atom is 0.236 e. The minimum absolute atomic E-state index is 0.0494. The number of halogens is 2. The lowest BCUT2D eigenvalue weighted by Crippen LogP contribution is -2.48. The van der Waals surface area contributed by atoms with Gasteiger partial charge in [0.15, 0.2) is 0 Å². The van der Waals surface area contributed by atoms with Gasteiger partial charge >= 0.3 is 0 Å².